The second-order valence-electron chi connectivity index (χ2n) is 4.97. The first kappa shape index (κ1) is 13.5. The summed E-state index contributed by atoms with van der Waals surface area (Å²) < 4.78 is 1.92. The van der Waals surface area contributed by atoms with Crippen LogP contribution in [0.2, 0.25) is 0 Å². The molecule has 1 unspecified atom stereocenters. The fraction of sp³-hybridized carbons (Fsp3) is 0.833. The van der Waals surface area contributed by atoms with Gasteiger partial charge in [-0.1, -0.05) is 0 Å². The van der Waals surface area contributed by atoms with E-state index in [4.69, 9.17) is 0 Å². The molecule has 6 heteroatoms. The van der Waals surface area contributed by atoms with Gasteiger partial charge < -0.3 is 19.9 Å². The lowest BCUT2D eigenvalue weighted by Gasteiger charge is -2.19. The Morgan fingerprint density at radius 1 is 1.44 bits per heavy atom. The minimum absolute atomic E-state index is 0.275. The molecule has 0 spiro atoms. The fourth-order valence-electron chi connectivity index (χ4n) is 2.33. The van der Waals surface area contributed by atoms with Crippen molar-refractivity contribution >= 4 is 0 Å². The molecule has 0 aromatic carbocycles. The van der Waals surface area contributed by atoms with Gasteiger partial charge >= 0.3 is 0 Å². The molecule has 1 aromatic heterocycles. The maximum atomic E-state index is 9.88. The van der Waals surface area contributed by atoms with Crippen molar-refractivity contribution in [2.45, 2.75) is 25.4 Å². The second-order valence-corrected chi connectivity index (χ2v) is 4.97. The number of aromatic nitrogens is 3. The van der Waals surface area contributed by atoms with E-state index in [-0.39, 0.29) is 6.10 Å². The Morgan fingerprint density at radius 3 is 2.89 bits per heavy atom. The van der Waals surface area contributed by atoms with Gasteiger partial charge in [0.2, 0.25) is 0 Å². The van der Waals surface area contributed by atoms with Gasteiger partial charge in [0.25, 0.3) is 0 Å². The summed E-state index contributed by atoms with van der Waals surface area (Å²) in [5.74, 6) is 0.969. The summed E-state index contributed by atoms with van der Waals surface area (Å²) >= 11 is 0. The fourth-order valence-corrected chi connectivity index (χ4v) is 2.33. The molecular formula is C12H23N5O. The molecule has 1 saturated heterocycles. The quantitative estimate of drug-likeness (QED) is 0.636. The highest BCUT2D eigenvalue weighted by Crippen LogP contribution is 2.07. The zero-order valence-corrected chi connectivity index (χ0v) is 11.0. The lowest BCUT2D eigenvalue weighted by Crippen LogP contribution is -2.37. The van der Waals surface area contributed by atoms with Crippen molar-refractivity contribution in [3.63, 3.8) is 0 Å². The molecule has 0 saturated carbocycles. The molecular weight excluding hydrogens is 230 g/mol. The van der Waals surface area contributed by atoms with Crippen molar-refractivity contribution in [2.75, 3.05) is 32.7 Å². The third-order valence-corrected chi connectivity index (χ3v) is 3.38. The molecule has 1 fully saturated rings. The number of β-amino-alcohol motifs (C(OH)–C–C–N with tert-alkyl or cyclic N) is 1. The van der Waals surface area contributed by atoms with E-state index in [0.29, 0.717) is 6.54 Å². The van der Waals surface area contributed by atoms with Crippen molar-refractivity contribution in [1.82, 2.24) is 25.0 Å². The lowest BCUT2D eigenvalue weighted by molar-refractivity contribution is 0.124. The van der Waals surface area contributed by atoms with Crippen LogP contribution >= 0.6 is 0 Å². The Bertz CT molecular complexity index is 348. The summed E-state index contributed by atoms with van der Waals surface area (Å²) in [6.45, 7) is 4.53. The molecule has 0 aliphatic carbocycles. The predicted molar refractivity (Wildman–Crippen MR) is 69.3 cm³/mol. The number of hydrogen-bond donors (Lipinski definition) is 2. The van der Waals surface area contributed by atoms with Gasteiger partial charge in [-0.2, -0.15) is 0 Å². The Kier molecular flexibility index (Phi) is 5.10. The number of aliphatic hydroxyl groups excluding tert-OH is 1. The Hall–Kier alpha value is -0.980. The molecule has 0 radical (unpaired) electrons. The third kappa shape index (κ3) is 4.04. The molecule has 2 rings (SSSR count). The van der Waals surface area contributed by atoms with Crippen molar-refractivity contribution in [3.8, 4) is 0 Å². The average Bonchev–Trinajstić information content (AvgIpc) is 2.97. The number of aryl methyl sites for hydroxylation is 1. The van der Waals surface area contributed by atoms with Gasteiger partial charge in [-0.25, -0.2) is 0 Å². The Labute approximate surface area is 108 Å². The molecule has 0 bridgehead atoms. The minimum atomic E-state index is -0.275. The van der Waals surface area contributed by atoms with E-state index in [1.807, 2.05) is 11.6 Å². The van der Waals surface area contributed by atoms with E-state index >= 15 is 0 Å². The van der Waals surface area contributed by atoms with Crippen molar-refractivity contribution in [1.29, 1.82) is 0 Å². The van der Waals surface area contributed by atoms with Crippen molar-refractivity contribution in [3.05, 3.63) is 12.2 Å². The molecule has 18 heavy (non-hydrogen) atoms. The summed E-state index contributed by atoms with van der Waals surface area (Å²) in [5.41, 5.74) is 0. The van der Waals surface area contributed by atoms with Gasteiger partial charge in [0, 0.05) is 33.1 Å². The Balaban J connectivity index is 1.56. The molecule has 2 heterocycles. The highest BCUT2D eigenvalue weighted by atomic mass is 16.3. The van der Waals surface area contributed by atoms with E-state index < -0.39 is 0 Å². The van der Waals surface area contributed by atoms with E-state index in [2.05, 4.69) is 20.4 Å². The molecule has 0 amide bonds. The van der Waals surface area contributed by atoms with Crippen LogP contribution in [-0.2, 0) is 13.5 Å². The van der Waals surface area contributed by atoms with Crippen LogP contribution < -0.4 is 5.32 Å². The number of hydrogen-bond acceptors (Lipinski definition) is 5. The zero-order chi connectivity index (χ0) is 12.8. The molecule has 1 aliphatic rings. The highest BCUT2D eigenvalue weighted by Gasteiger charge is 2.15. The standard InChI is InChI=1S/C12H23N5O/c1-16-10-14-15-12(16)4-5-13-8-11(18)9-17-6-2-3-7-17/h10-11,13,18H,2-9H2,1H3. The molecule has 6 nitrogen and oxygen atoms in total. The van der Waals surface area contributed by atoms with Gasteiger partial charge in [-0.05, 0) is 25.9 Å². The molecule has 1 aromatic rings. The van der Waals surface area contributed by atoms with Crippen LogP contribution in [0.3, 0.4) is 0 Å². The monoisotopic (exact) mass is 253 g/mol. The maximum absolute atomic E-state index is 9.88. The van der Waals surface area contributed by atoms with Crippen LogP contribution in [0.5, 0.6) is 0 Å². The normalized spacial score (nSPS) is 18.3. The molecule has 1 aliphatic heterocycles. The average molecular weight is 253 g/mol. The van der Waals surface area contributed by atoms with Crippen LogP contribution in [-0.4, -0.2) is 63.6 Å². The van der Waals surface area contributed by atoms with E-state index in [1.165, 1.54) is 12.8 Å². The number of rotatable bonds is 7. The van der Waals surface area contributed by atoms with Gasteiger partial charge in [0.05, 0.1) is 6.10 Å². The largest absolute Gasteiger partial charge is 0.390 e. The number of nitrogens with zero attached hydrogens (tertiary/aromatic N) is 4. The van der Waals surface area contributed by atoms with Gasteiger partial charge in [-0.3, -0.25) is 0 Å². The first-order chi connectivity index (χ1) is 8.75. The second kappa shape index (κ2) is 6.82. The summed E-state index contributed by atoms with van der Waals surface area (Å²) in [5, 5.41) is 21.0. The first-order valence-corrected chi connectivity index (χ1v) is 6.69. The van der Waals surface area contributed by atoms with Crippen LogP contribution in [0, 0.1) is 0 Å². The molecule has 1 atom stereocenters. The topological polar surface area (TPSA) is 66.2 Å². The van der Waals surface area contributed by atoms with Gasteiger partial charge in [0.1, 0.15) is 12.2 Å². The number of likely N-dealkylation sites (tertiary alicyclic amines) is 1. The molecule has 2 N–H and O–H groups in total. The Morgan fingerprint density at radius 2 is 2.22 bits per heavy atom. The van der Waals surface area contributed by atoms with E-state index in [1.54, 1.807) is 6.33 Å². The predicted octanol–water partition coefficient (Wildman–Crippen LogP) is -0.596. The third-order valence-electron chi connectivity index (χ3n) is 3.38. The lowest BCUT2D eigenvalue weighted by atomic mass is 10.3. The van der Waals surface area contributed by atoms with Crippen LogP contribution in [0.4, 0.5) is 0 Å². The van der Waals surface area contributed by atoms with E-state index in [0.717, 1.165) is 38.4 Å². The van der Waals surface area contributed by atoms with Crippen molar-refractivity contribution < 1.29 is 5.11 Å². The van der Waals surface area contributed by atoms with Crippen LogP contribution in [0.25, 0.3) is 0 Å². The molecule has 102 valence electrons. The minimum Gasteiger partial charge on any atom is -0.390 e. The van der Waals surface area contributed by atoms with Crippen molar-refractivity contribution in [2.24, 2.45) is 7.05 Å². The SMILES string of the molecule is Cn1cnnc1CCNCC(O)CN1CCCC1. The number of nitrogens with one attached hydrogen (secondary N) is 1. The highest BCUT2D eigenvalue weighted by molar-refractivity contribution is 4.85. The van der Waals surface area contributed by atoms with Gasteiger partial charge in [0.15, 0.2) is 0 Å². The summed E-state index contributed by atoms with van der Waals surface area (Å²) in [7, 11) is 1.94. The van der Waals surface area contributed by atoms with E-state index in [9.17, 15) is 5.11 Å². The van der Waals surface area contributed by atoms with Gasteiger partial charge in [-0.15, -0.1) is 10.2 Å². The summed E-state index contributed by atoms with van der Waals surface area (Å²) in [6.07, 6.45) is 4.81. The van der Waals surface area contributed by atoms with Crippen LogP contribution in [0.1, 0.15) is 18.7 Å². The first-order valence-electron chi connectivity index (χ1n) is 6.69. The van der Waals surface area contributed by atoms with Crippen LogP contribution in [0.15, 0.2) is 6.33 Å². The number of aliphatic hydroxyl groups is 1. The summed E-state index contributed by atoms with van der Waals surface area (Å²) in [6, 6.07) is 0. The maximum Gasteiger partial charge on any atom is 0.133 e. The zero-order valence-electron chi connectivity index (χ0n) is 11.0. The summed E-state index contributed by atoms with van der Waals surface area (Å²) in [4.78, 5) is 2.33. The smallest absolute Gasteiger partial charge is 0.133 e.